The number of rotatable bonds is 7. The van der Waals surface area contributed by atoms with Gasteiger partial charge in [0.25, 0.3) is 5.91 Å². The number of methoxy groups -OCH3 is 2. The first-order valence-electron chi connectivity index (χ1n) is 10.0. The number of thiazole rings is 1. The monoisotopic (exact) mass is 453 g/mol. The summed E-state index contributed by atoms with van der Waals surface area (Å²) in [4.78, 5) is 31.2. The largest absolute Gasteiger partial charge is 0.493 e. The third-order valence-corrected chi connectivity index (χ3v) is 5.82. The number of aromatic nitrogens is 1. The van der Waals surface area contributed by atoms with Crippen LogP contribution in [0.3, 0.4) is 0 Å². The predicted octanol–water partition coefficient (Wildman–Crippen LogP) is 3.97. The molecule has 0 fully saturated rings. The van der Waals surface area contributed by atoms with Gasteiger partial charge >= 0.3 is 0 Å². The van der Waals surface area contributed by atoms with Gasteiger partial charge in [-0.1, -0.05) is 12.1 Å². The summed E-state index contributed by atoms with van der Waals surface area (Å²) in [6.45, 7) is 1.96. The summed E-state index contributed by atoms with van der Waals surface area (Å²) in [6.07, 6.45) is -0.450. The number of para-hydroxylation sites is 2. The van der Waals surface area contributed by atoms with Gasteiger partial charge in [-0.25, -0.2) is 4.98 Å². The molecule has 1 aromatic heterocycles. The first-order valence-corrected chi connectivity index (χ1v) is 10.9. The Morgan fingerprint density at radius 1 is 1.19 bits per heavy atom. The molecule has 166 valence electrons. The van der Waals surface area contributed by atoms with Gasteiger partial charge in [0.2, 0.25) is 5.91 Å². The molecule has 3 aromatic rings. The lowest BCUT2D eigenvalue weighted by molar-refractivity contribution is -0.125. The Morgan fingerprint density at radius 2 is 1.97 bits per heavy atom. The maximum atomic E-state index is 12.6. The fourth-order valence-corrected chi connectivity index (χ4v) is 4.18. The molecule has 0 radical (unpaired) electrons. The lowest BCUT2D eigenvalue weighted by Gasteiger charge is -2.32. The van der Waals surface area contributed by atoms with Crippen molar-refractivity contribution in [2.75, 3.05) is 31.0 Å². The van der Waals surface area contributed by atoms with Crippen LogP contribution >= 0.6 is 11.3 Å². The standard InChI is InChI=1S/C23H23N3O5S/c1-14-22(28)26(17-6-4-5-7-18(17)31-14)11-10-21(27)25-23-24-16(13-32-23)15-8-9-19(29-2)20(12-15)30-3/h4-9,12-14H,10-11H2,1-3H3,(H,24,25,27). The van der Waals surface area contributed by atoms with Crippen molar-refractivity contribution >= 4 is 34.0 Å². The van der Waals surface area contributed by atoms with E-state index in [0.717, 1.165) is 11.3 Å². The highest BCUT2D eigenvalue weighted by molar-refractivity contribution is 7.14. The predicted molar refractivity (Wildman–Crippen MR) is 123 cm³/mol. The number of amides is 2. The van der Waals surface area contributed by atoms with Crippen molar-refractivity contribution in [1.82, 2.24) is 4.98 Å². The van der Waals surface area contributed by atoms with Crippen molar-refractivity contribution < 1.29 is 23.8 Å². The molecule has 2 heterocycles. The molecule has 2 aromatic carbocycles. The van der Waals surface area contributed by atoms with E-state index in [9.17, 15) is 9.59 Å². The molecule has 1 aliphatic rings. The summed E-state index contributed by atoms with van der Waals surface area (Å²) in [5, 5.41) is 5.17. The zero-order valence-corrected chi connectivity index (χ0v) is 18.8. The van der Waals surface area contributed by atoms with Gasteiger partial charge in [-0.15, -0.1) is 11.3 Å². The Balaban J connectivity index is 1.41. The third kappa shape index (κ3) is 4.38. The molecule has 2 amide bonds. The highest BCUT2D eigenvalue weighted by Crippen LogP contribution is 2.35. The molecular weight excluding hydrogens is 430 g/mol. The number of carbonyl (C=O) groups excluding carboxylic acids is 2. The van der Waals surface area contributed by atoms with Crippen molar-refractivity contribution in [2.24, 2.45) is 0 Å². The summed E-state index contributed by atoms with van der Waals surface area (Å²) in [6, 6.07) is 12.8. The van der Waals surface area contributed by atoms with E-state index in [4.69, 9.17) is 14.2 Å². The molecule has 1 unspecified atom stereocenters. The van der Waals surface area contributed by atoms with Gasteiger partial charge in [-0.3, -0.25) is 9.59 Å². The number of fused-ring (bicyclic) bond motifs is 1. The fraction of sp³-hybridized carbons (Fsp3) is 0.261. The van der Waals surface area contributed by atoms with E-state index in [-0.39, 0.29) is 24.8 Å². The average molecular weight is 454 g/mol. The van der Waals surface area contributed by atoms with Gasteiger partial charge in [-0.2, -0.15) is 0 Å². The first-order chi connectivity index (χ1) is 15.5. The normalized spacial score (nSPS) is 15.0. The van der Waals surface area contributed by atoms with Crippen molar-refractivity contribution in [2.45, 2.75) is 19.4 Å². The minimum absolute atomic E-state index is 0.137. The summed E-state index contributed by atoms with van der Waals surface area (Å²) in [7, 11) is 3.16. The Morgan fingerprint density at radius 3 is 2.75 bits per heavy atom. The van der Waals surface area contributed by atoms with Crippen molar-refractivity contribution in [3.63, 3.8) is 0 Å². The minimum Gasteiger partial charge on any atom is -0.493 e. The SMILES string of the molecule is COc1ccc(-c2csc(NC(=O)CCN3C(=O)C(C)Oc4ccccc43)n2)cc1OC. The summed E-state index contributed by atoms with van der Waals surface area (Å²) < 4.78 is 16.2. The molecule has 8 nitrogen and oxygen atoms in total. The lowest BCUT2D eigenvalue weighted by atomic mass is 10.1. The van der Waals surface area contributed by atoms with Crippen LogP contribution in [0.5, 0.6) is 17.2 Å². The highest BCUT2D eigenvalue weighted by atomic mass is 32.1. The molecule has 0 saturated heterocycles. The van der Waals surface area contributed by atoms with Gasteiger partial charge < -0.3 is 24.4 Å². The molecule has 0 spiro atoms. The number of ether oxygens (including phenoxy) is 3. The molecule has 32 heavy (non-hydrogen) atoms. The van der Waals surface area contributed by atoms with E-state index in [1.807, 2.05) is 47.8 Å². The smallest absolute Gasteiger partial charge is 0.267 e. The van der Waals surface area contributed by atoms with Crippen LogP contribution in [0.1, 0.15) is 13.3 Å². The van der Waals surface area contributed by atoms with Crippen LogP contribution in [0.15, 0.2) is 47.8 Å². The number of benzene rings is 2. The lowest BCUT2D eigenvalue weighted by Crippen LogP contribution is -2.45. The molecule has 9 heteroatoms. The summed E-state index contributed by atoms with van der Waals surface area (Å²) in [5.74, 6) is 1.49. The Bertz CT molecular complexity index is 1150. The van der Waals surface area contributed by atoms with Crippen LogP contribution in [0.25, 0.3) is 11.3 Å². The van der Waals surface area contributed by atoms with Crippen molar-refractivity contribution in [1.29, 1.82) is 0 Å². The maximum absolute atomic E-state index is 12.6. The maximum Gasteiger partial charge on any atom is 0.267 e. The summed E-state index contributed by atoms with van der Waals surface area (Å²) >= 11 is 1.33. The molecule has 1 aliphatic heterocycles. The average Bonchev–Trinajstić information content (AvgIpc) is 3.27. The number of hydrogen-bond donors (Lipinski definition) is 1. The Hall–Kier alpha value is -3.59. The van der Waals surface area contributed by atoms with Gasteiger partial charge in [0.15, 0.2) is 22.7 Å². The first kappa shape index (κ1) is 21.6. The van der Waals surface area contributed by atoms with Gasteiger partial charge in [0.05, 0.1) is 25.6 Å². The van der Waals surface area contributed by atoms with Gasteiger partial charge in [-0.05, 0) is 37.3 Å². The van der Waals surface area contributed by atoms with Crippen LogP contribution in [-0.2, 0) is 9.59 Å². The molecule has 0 aliphatic carbocycles. The number of hydrogen-bond acceptors (Lipinski definition) is 7. The van der Waals surface area contributed by atoms with E-state index in [1.165, 1.54) is 11.3 Å². The summed E-state index contributed by atoms with van der Waals surface area (Å²) in [5.41, 5.74) is 2.25. The second-order valence-electron chi connectivity index (χ2n) is 7.12. The van der Waals surface area contributed by atoms with E-state index in [0.29, 0.717) is 28.1 Å². The molecule has 4 rings (SSSR count). The van der Waals surface area contributed by atoms with Gasteiger partial charge in [0.1, 0.15) is 5.75 Å². The second-order valence-corrected chi connectivity index (χ2v) is 7.98. The van der Waals surface area contributed by atoms with E-state index in [1.54, 1.807) is 26.0 Å². The van der Waals surface area contributed by atoms with Crippen molar-refractivity contribution in [3.05, 3.63) is 47.8 Å². The van der Waals surface area contributed by atoms with Crippen LogP contribution in [0.4, 0.5) is 10.8 Å². The molecule has 1 N–H and O–H groups in total. The van der Waals surface area contributed by atoms with Crippen molar-refractivity contribution in [3.8, 4) is 28.5 Å². The minimum atomic E-state index is -0.587. The Labute approximate surface area is 189 Å². The van der Waals surface area contributed by atoms with Crippen LogP contribution in [0, 0.1) is 0 Å². The number of anilines is 2. The van der Waals surface area contributed by atoms with E-state index >= 15 is 0 Å². The molecule has 0 bridgehead atoms. The number of nitrogens with zero attached hydrogens (tertiary/aromatic N) is 2. The number of nitrogens with one attached hydrogen (secondary N) is 1. The molecular formula is C23H23N3O5S. The zero-order chi connectivity index (χ0) is 22.7. The molecule has 1 atom stereocenters. The fourth-order valence-electron chi connectivity index (χ4n) is 3.44. The zero-order valence-electron chi connectivity index (χ0n) is 18.0. The molecule has 0 saturated carbocycles. The number of carbonyl (C=O) groups is 2. The third-order valence-electron chi connectivity index (χ3n) is 5.07. The highest BCUT2D eigenvalue weighted by Gasteiger charge is 2.31. The van der Waals surface area contributed by atoms with Crippen LogP contribution in [0.2, 0.25) is 0 Å². The topological polar surface area (TPSA) is 90.0 Å². The van der Waals surface area contributed by atoms with E-state index in [2.05, 4.69) is 10.3 Å². The quantitative estimate of drug-likeness (QED) is 0.582. The van der Waals surface area contributed by atoms with E-state index < -0.39 is 6.10 Å². The van der Waals surface area contributed by atoms with Crippen LogP contribution < -0.4 is 24.4 Å². The van der Waals surface area contributed by atoms with Gasteiger partial charge in [0, 0.05) is 23.9 Å². The Kier molecular flexibility index (Phi) is 6.27. The van der Waals surface area contributed by atoms with Crippen LogP contribution in [-0.4, -0.2) is 43.7 Å². The second kappa shape index (κ2) is 9.27.